The van der Waals surface area contributed by atoms with Crippen LogP contribution in [0.15, 0.2) is 0 Å². The molecule has 0 amide bonds. The van der Waals surface area contributed by atoms with Crippen LogP contribution < -0.4 is 0 Å². The van der Waals surface area contributed by atoms with E-state index < -0.39 is 0 Å². The Bertz CT molecular complexity index is 142. The summed E-state index contributed by atoms with van der Waals surface area (Å²) in [4.78, 5) is 9.34. The highest BCUT2D eigenvalue weighted by Gasteiger charge is 2.09. The van der Waals surface area contributed by atoms with Crippen LogP contribution in [0.1, 0.15) is 20.8 Å². The van der Waals surface area contributed by atoms with Gasteiger partial charge >= 0.3 is 0 Å². The molecule has 0 aromatic carbocycles. The normalized spacial score (nSPS) is 17.4. The fourth-order valence-electron chi connectivity index (χ4n) is 0.892. The number of rotatable bonds is 9. The minimum absolute atomic E-state index is 0.0237. The Labute approximate surface area is 91.2 Å². The SMILES string of the molecule is COOC(C)COC(C)COC(C)CO. The van der Waals surface area contributed by atoms with Crippen molar-refractivity contribution in [1.29, 1.82) is 0 Å². The molecule has 1 N–H and O–H groups in total. The van der Waals surface area contributed by atoms with Crippen molar-refractivity contribution in [2.24, 2.45) is 0 Å². The smallest absolute Gasteiger partial charge is 0.113 e. The van der Waals surface area contributed by atoms with Gasteiger partial charge in [0.05, 0.1) is 39.1 Å². The fraction of sp³-hybridized carbons (Fsp3) is 1.00. The summed E-state index contributed by atoms with van der Waals surface area (Å²) < 4.78 is 10.7. The highest BCUT2D eigenvalue weighted by Crippen LogP contribution is 1.99. The highest BCUT2D eigenvalue weighted by atomic mass is 17.2. The van der Waals surface area contributed by atoms with Crippen LogP contribution in [0.2, 0.25) is 0 Å². The molecule has 5 heteroatoms. The van der Waals surface area contributed by atoms with Crippen LogP contribution in [0.4, 0.5) is 0 Å². The summed E-state index contributed by atoms with van der Waals surface area (Å²) in [6.07, 6.45) is -0.279. The highest BCUT2D eigenvalue weighted by molar-refractivity contribution is 4.53. The number of hydrogen-bond acceptors (Lipinski definition) is 5. The van der Waals surface area contributed by atoms with Gasteiger partial charge in [-0.3, -0.25) is 0 Å². The first-order valence-electron chi connectivity index (χ1n) is 5.13. The summed E-state index contributed by atoms with van der Waals surface area (Å²) in [7, 11) is 1.46. The number of aliphatic hydroxyl groups excluding tert-OH is 1. The predicted octanol–water partition coefficient (Wildman–Crippen LogP) is 0.755. The van der Waals surface area contributed by atoms with E-state index in [1.165, 1.54) is 7.11 Å². The maximum Gasteiger partial charge on any atom is 0.113 e. The Morgan fingerprint density at radius 1 is 0.933 bits per heavy atom. The second-order valence-electron chi connectivity index (χ2n) is 3.54. The Kier molecular flexibility index (Phi) is 8.94. The van der Waals surface area contributed by atoms with Gasteiger partial charge in [0.2, 0.25) is 0 Å². The monoisotopic (exact) mass is 222 g/mol. The molecule has 0 saturated heterocycles. The van der Waals surface area contributed by atoms with Gasteiger partial charge in [-0.15, -0.1) is 0 Å². The van der Waals surface area contributed by atoms with Crippen molar-refractivity contribution in [3.63, 3.8) is 0 Å². The third-order valence-corrected chi connectivity index (χ3v) is 1.75. The van der Waals surface area contributed by atoms with Gasteiger partial charge in [0.25, 0.3) is 0 Å². The average molecular weight is 222 g/mol. The van der Waals surface area contributed by atoms with E-state index >= 15 is 0 Å². The quantitative estimate of drug-likeness (QED) is 0.461. The third-order valence-electron chi connectivity index (χ3n) is 1.75. The lowest BCUT2D eigenvalue weighted by molar-refractivity contribution is -0.309. The second-order valence-corrected chi connectivity index (χ2v) is 3.54. The van der Waals surface area contributed by atoms with E-state index in [0.29, 0.717) is 13.2 Å². The molecule has 0 bridgehead atoms. The van der Waals surface area contributed by atoms with Gasteiger partial charge in [-0.2, -0.15) is 0 Å². The predicted molar refractivity (Wildman–Crippen MR) is 55.5 cm³/mol. The molecule has 0 fully saturated rings. The van der Waals surface area contributed by atoms with Crippen molar-refractivity contribution in [2.45, 2.75) is 39.1 Å². The van der Waals surface area contributed by atoms with E-state index in [0.717, 1.165) is 0 Å². The van der Waals surface area contributed by atoms with Gasteiger partial charge in [-0.05, 0) is 20.8 Å². The van der Waals surface area contributed by atoms with Gasteiger partial charge in [0.15, 0.2) is 0 Å². The largest absolute Gasteiger partial charge is 0.394 e. The molecule has 0 aromatic rings. The number of hydrogen-bond donors (Lipinski definition) is 1. The van der Waals surface area contributed by atoms with Crippen LogP contribution in [-0.4, -0.2) is 50.3 Å². The van der Waals surface area contributed by atoms with Crippen molar-refractivity contribution in [3.8, 4) is 0 Å². The molecule has 0 aromatic heterocycles. The minimum atomic E-state index is -0.149. The van der Waals surface area contributed by atoms with Crippen molar-refractivity contribution < 1.29 is 24.4 Å². The average Bonchev–Trinajstić information content (AvgIpc) is 2.23. The molecule has 0 saturated carbocycles. The van der Waals surface area contributed by atoms with Gasteiger partial charge in [0.1, 0.15) is 6.10 Å². The minimum Gasteiger partial charge on any atom is -0.394 e. The Hall–Kier alpha value is -0.200. The van der Waals surface area contributed by atoms with Gasteiger partial charge in [-0.1, -0.05) is 0 Å². The summed E-state index contributed by atoms with van der Waals surface area (Å²) in [6.45, 7) is 6.50. The number of aliphatic hydroxyl groups is 1. The molecule has 3 atom stereocenters. The Morgan fingerprint density at radius 2 is 1.47 bits per heavy atom. The Morgan fingerprint density at radius 3 is 2.00 bits per heavy atom. The molecular weight excluding hydrogens is 200 g/mol. The van der Waals surface area contributed by atoms with Crippen molar-refractivity contribution >= 4 is 0 Å². The second kappa shape index (κ2) is 9.06. The molecule has 0 aliphatic carbocycles. The van der Waals surface area contributed by atoms with E-state index in [4.69, 9.17) is 19.5 Å². The van der Waals surface area contributed by atoms with Gasteiger partial charge in [0, 0.05) is 0 Å². The van der Waals surface area contributed by atoms with Crippen molar-refractivity contribution in [3.05, 3.63) is 0 Å². The summed E-state index contributed by atoms with van der Waals surface area (Å²) in [5.74, 6) is 0. The van der Waals surface area contributed by atoms with E-state index in [1.807, 2.05) is 20.8 Å². The van der Waals surface area contributed by atoms with Gasteiger partial charge in [-0.25, -0.2) is 9.78 Å². The van der Waals surface area contributed by atoms with E-state index in [9.17, 15) is 0 Å². The molecule has 5 nitrogen and oxygen atoms in total. The summed E-state index contributed by atoms with van der Waals surface area (Å²) in [5, 5.41) is 8.73. The van der Waals surface area contributed by atoms with Crippen LogP contribution in [-0.2, 0) is 19.2 Å². The zero-order valence-electron chi connectivity index (χ0n) is 9.93. The lowest BCUT2D eigenvalue weighted by atomic mass is 10.4. The molecule has 92 valence electrons. The zero-order valence-corrected chi connectivity index (χ0v) is 9.93. The Balaban J connectivity index is 3.44. The molecule has 0 aliphatic rings. The van der Waals surface area contributed by atoms with E-state index in [2.05, 4.69) is 4.89 Å². The third kappa shape index (κ3) is 8.77. The van der Waals surface area contributed by atoms with Crippen LogP contribution in [0.3, 0.4) is 0 Å². The molecule has 0 spiro atoms. The maximum absolute atomic E-state index is 8.73. The fourth-order valence-corrected chi connectivity index (χ4v) is 0.892. The molecule has 3 unspecified atom stereocenters. The maximum atomic E-state index is 8.73. The van der Waals surface area contributed by atoms with Crippen LogP contribution in [0, 0.1) is 0 Å². The molecule has 0 rings (SSSR count). The molecule has 0 heterocycles. The lowest BCUT2D eigenvalue weighted by Gasteiger charge is -2.18. The zero-order chi connectivity index (χ0) is 11.7. The van der Waals surface area contributed by atoms with E-state index in [1.54, 1.807) is 0 Å². The first-order valence-corrected chi connectivity index (χ1v) is 5.13. The molecule has 0 radical (unpaired) electrons. The van der Waals surface area contributed by atoms with Crippen LogP contribution in [0.5, 0.6) is 0 Å². The van der Waals surface area contributed by atoms with Crippen LogP contribution >= 0.6 is 0 Å². The first kappa shape index (κ1) is 14.8. The molecule has 15 heavy (non-hydrogen) atoms. The van der Waals surface area contributed by atoms with Crippen molar-refractivity contribution in [1.82, 2.24) is 0 Å². The van der Waals surface area contributed by atoms with Crippen molar-refractivity contribution in [2.75, 3.05) is 26.9 Å². The summed E-state index contributed by atoms with van der Waals surface area (Å²) in [6, 6.07) is 0. The number of ether oxygens (including phenoxy) is 2. The first-order chi connectivity index (χ1) is 7.10. The standard InChI is InChI=1S/C10H22O5/c1-8(5-11)13-6-9(2)14-7-10(3)15-12-4/h8-11H,5-7H2,1-4H3. The topological polar surface area (TPSA) is 57.2 Å². The summed E-state index contributed by atoms with van der Waals surface area (Å²) >= 11 is 0. The molecular formula is C10H22O5. The van der Waals surface area contributed by atoms with Crippen LogP contribution in [0.25, 0.3) is 0 Å². The van der Waals surface area contributed by atoms with E-state index in [-0.39, 0.29) is 24.9 Å². The lowest BCUT2D eigenvalue weighted by Crippen LogP contribution is -2.26. The summed E-state index contributed by atoms with van der Waals surface area (Å²) in [5.41, 5.74) is 0. The van der Waals surface area contributed by atoms with Gasteiger partial charge < -0.3 is 14.6 Å². The molecule has 0 aliphatic heterocycles.